The number of carbonyl (C=O) groups excluding carboxylic acids is 2. The van der Waals surface area contributed by atoms with Gasteiger partial charge in [-0.15, -0.1) is 0 Å². The number of amides is 2. The zero-order chi connectivity index (χ0) is 53.1. The average Bonchev–Trinajstić information content (AvgIpc) is 3.38. The molecule has 1 aromatic rings. The van der Waals surface area contributed by atoms with E-state index in [9.17, 15) is 45.0 Å². The van der Waals surface area contributed by atoms with Crippen LogP contribution in [0, 0.1) is 17.8 Å². The molecule has 422 valence electrons. The first-order valence-electron chi connectivity index (χ1n) is 27.4. The van der Waals surface area contributed by atoms with Crippen molar-refractivity contribution in [1.29, 1.82) is 0 Å². The topological polar surface area (TPSA) is 294 Å². The molecule has 5 fully saturated rings. The molecule has 1 aromatic carbocycles. The molecule has 0 bridgehead atoms. The second kappa shape index (κ2) is 31.2. The lowest BCUT2D eigenvalue weighted by Crippen LogP contribution is -2.67. The fourth-order valence-corrected chi connectivity index (χ4v) is 11.7. The van der Waals surface area contributed by atoms with E-state index in [4.69, 9.17) is 23.7 Å². The monoisotopic (exact) mass is 1110 g/mol. The van der Waals surface area contributed by atoms with Crippen LogP contribution in [0.15, 0.2) is 22.7 Å². The Morgan fingerprint density at radius 1 is 0.838 bits per heavy atom. The van der Waals surface area contributed by atoms with Crippen LogP contribution in [0.1, 0.15) is 103 Å². The van der Waals surface area contributed by atoms with Gasteiger partial charge in [0.25, 0.3) is 0 Å². The van der Waals surface area contributed by atoms with E-state index in [1.54, 1.807) is 0 Å². The van der Waals surface area contributed by atoms with Crippen molar-refractivity contribution < 1.29 is 68.7 Å². The van der Waals surface area contributed by atoms with Crippen molar-refractivity contribution in [2.45, 2.75) is 184 Å². The minimum Gasteiger partial charge on any atom is -0.479 e. The lowest BCUT2D eigenvalue weighted by molar-refractivity contribution is -0.338. The van der Waals surface area contributed by atoms with Crippen molar-refractivity contribution in [3.63, 3.8) is 0 Å². The smallest absolute Gasteiger partial charge is 0.332 e. The van der Waals surface area contributed by atoms with Gasteiger partial charge in [0.2, 0.25) is 11.8 Å². The Hall–Kier alpha value is -2.49. The minimum atomic E-state index is -1.64. The van der Waals surface area contributed by atoms with Gasteiger partial charge < -0.3 is 86.2 Å². The van der Waals surface area contributed by atoms with Gasteiger partial charge in [-0.1, -0.05) is 73.5 Å². The maximum atomic E-state index is 14.1. The van der Waals surface area contributed by atoms with Gasteiger partial charge >= 0.3 is 5.97 Å². The molecule has 0 aromatic heterocycles. The summed E-state index contributed by atoms with van der Waals surface area (Å²) in [5.41, 5.74) is 2.31. The summed E-state index contributed by atoms with van der Waals surface area (Å²) in [7, 11) is 0. The number of nitrogens with zero attached hydrogens (tertiary/aromatic N) is 1. The van der Waals surface area contributed by atoms with Gasteiger partial charge in [-0.2, -0.15) is 0 Å². The summed E-state index contributed by atoms with van der Waals surface area (Å²) < 4.78 is 32.6. The SMILES string of the molecule is CC[C@H]1C[C@@H](C(=O)NCCNCc2ccc(CN3CCCNCCNCCCNCC3)c(Br)c2)C[C@@H](O[C@@H]2O[C@H](CO)[C@H](O)[C@H](O[C@@H](CC3CCCCC3)C(=O)O)[C@H]2NC(C)=O)[C@@H]1O[C@@H]1O[C@@H](C)[C@@H](O)[C@@H](O)[C@@H]1O. The molecule has 3 saturated heterocycles. The zero-order valence-electron chi connectivity index (χ0n) is 43.7. The summed E-state index contributed by atoms with van der Waals surface area (Å²) >= 11 is 3.83. The summed E-state index contributed by atoms with van der Waals surface area (Å²) in [5, 5.41) is 84.5. The molecule has 6 rings (SSSR count). The summed E-state index contributed by atoms with van der Waals surface area (Å²) in [5.74, 6) is -2.95. The average molecular weight is 1120 g/mol. The van der Waals surface area contributed by atoms with Gasteiger partial charge in [-0.3, -0.25) is 14.5 Å². The van der Waals surface area contributed by atoms with Crippen LogP contribution in [-0.2, 0) is 51.2 Å². The Balaban J connectivity index is 1.12. The highest BCUT2D eigenvalue weighted by molar-refractivity contribution is 9.10. The molecule has 2 saturated carbocycles. The van der Waals surface area contributed by atoms with Gasteiger partial charge in [0, 0.05) is 69.7 Å². The molecule has 0 unspecified atom stereocenters. The quantitative estimate of drug-likeness (QED) is 0.0790. The number of nitrogens with one attached hydrogen (secondary N) is 6. The van der Waals surface area contributed by atoms with Crippen LogP contribution in [0.4, 0.5) is 0 Å². The third kappa shape index (κ3) is 18.0. The highest BCUT2D eigenvalue weighted by Crippen LogP contribution is 2.40. The van der Waals surface area contributed by atoms with Crippen molar-refractivity contribution in [1.82, 2.24) is 36.8 Å². The van der Waals surface area contributed by atoms with E-state index < -0.39 is 110 Å². The Bertz CT molecular complexity index is 1840. The first-order chi connectivity index (χ1) is 35.7. The summed E-state index contributed by atoms with van der Waals surface area (Å²) in [4.78, 5) is 42.2. The maximum Gasteiger partial charge on any atom is 0.332 e. The second-order valence-corrected chi connectivity index (χ2v) is 21.9. The Labute approximate surface area is 445 Å². The van der Waals surface area contributed by atoms with Gasteiger partial charge in [-0.25, -0.2) is 4.79 Å². The first kappa shape index (κ1) is 60.7. The molecule has 74 heavy (non-hydrogen) atoms. The van der Waals surface area contributed by atoms with Crippen LogP contribution in [0.5, 0.6) is 0 Å². The Morgan fingerprint density at radius 2 is 1.57 bits per heavy atom. The van der Waals surface area contributed by atoms with E-state index in [1.165, 1.54) is 19.4 Å². The van der Waals surface area contributed by atoms with Crippen molar-refractivity contribution in [3.05, 3.63) is 33.8 Å². The fraction of sp³-hybridized carbons (Fsp3) is 0.827. The lowest BCUT2D eigenvalue weighted by Gasteiger charge is -2.49. The fourth-order valence-electron chi connectivity index (χ4n) is 11.1. The number of benzene rings is 1. The highest BCUT2D eigenvalue weighted by Gasteiger charge is 2.53. The zero-order valence-corrected chi connectivity index (χ0v) is 45.3. The predicted octanol–water partition coefficient (Wildman–Crippen LogP) is 0.445. The van der Waals surface area contributed by atoms with Crippen LogP contribution in [0.2, 0.25) is 0 Å². The third-order valence-corrected chi connectivity index (χ3v) is 16.1. The minimum absolute atomic E-state index is 0.0524. The van der Waals surface area contributed by atoms with Gasteiger partial charge in [0.05, 0.1) is 24.9 Å². The van der Waals surface area contributed by atoms with E-state index >= 15 is 0 Å². The number of carbonyl (C=O) groups is 3. The number of halogens is 1. The molecule has 5 aliphatic rings. The molecule has 2 amide bonds. The molecule has 2 aliphatic carbocycles. The molecule has 3 aliphatic heterocycles. The molecule has 0 radical (unpaired) electrons. The molecular formula is C52H88BrN7O14. The number of hydrogen-bond acceptors (Lipinski definition) is 18. The van der Waals surface area contributed by atoms with Crippen LogP contribution in [0.3, 0.4) is 0 Å². The summed E-state index contributed by atoms with van der Waals surface area (Å²) in [6.07, 6.45) is -8.07. The number of aliphatic carboxylic acids is 1. The number of aliphatic hydroxyl groups is 5. The van der Waals surface area contributed by atoms with E-state index in [-0.39, 0.29) is 24.7 Å². The largest absolute Gasteiger partial charge is 0.479 e. The normalized spacial score (nSPS) is 34.0. The second-order valence-electron chi connectivity index (χ2n) is 21.0. The molecule has 15 atom stereocenters. The predicted molar refractivity (Wildman–Crippen MR) is 277 cm³/mol. The molecule has 21 nitrogen and oxygen atoms in total. The van der Waals surface area contributed by atoms with Crippen molar-refractivity contribution >= 4 is 33.7 Å². The third-order valence-electron chi connectivity index (χ3n) is 15.4. The molecule has 22 heteroatoms. The van der Waals surface area contributed by atoms with Gasteiger partial charge in [0.1, 0.15) is 42.7 Å². The van der Waals surface area contributed by atoms with E-state index in [2.05, 4.69) is 70.9 Å². The van der Waals surface area contributed by atoms with Crippen molar-refractivity contribution in [2.75, 3.05) is 72.1 Å². The lowest BCUT2D eigenvalue weighted by atomic mass is 9.75. The number of hydrogen-bond donors (Lipinski definition) is 12. The number of ether oxygens (including phenoxy) is 5. The number of carboxylic acid groups (broad SMARTS) is 1. The molecule has 0 spiro atoms. The van der Waals surface area contributed by atoms with Crippen molar-refractivity contribution in [3.8, 4) is 0 Å². The number of carboxylic acids is 1. The van der Waals surface area contributed by atoms with E-state index in [1.807, 2.05) is 6.92 Å². The Kier molecular flexibility index (Phi) is 25.6. The number of rotatable bonds is 20. The van der Waals surface area contributed by atoms with Crippen LogP contribution in [0.25, 0.3) is 0 Å². The standard InChI is InChI=1S/C52H88BrN7O14/c1-4-35-26-37(49(67)58-20-19-57-28-34-12-13-36(38(53)24-34)29-60-22-9-16-55-18-17-54-14-8-15-56-21-23-60)27-39(47(35)74-52-46(66)45(65)43(63)31(2)70-52)72-51-42(59-32(3)62)48(44(64)41(30-61)73-51)71-40(50(68)69)25-33-10-6-5-7-11-33/h12-13,24,31,33,35,37,39-48,51-52,54-57,61,63-66H,4-11,14-23,25-30H2,1-3H3,(H,58,67)(H,59,62)(H,68,69)/t31-,35-,37+,39+,40-,41+,42+,43+,44-,45+,46-,47+,48+,51+,52-/m0/s1. The molecule has 12 N–H and O–H groups in total. The molecular weight excluding hydrogens is 1030 g/mol. The molecule has 3 heterocycles. The van der Waals surface area contributed by atoms with Crippen molar-refractivity contribution in [2.24, 2.45) is 17.8 Å². The maximum absolute atomic E-state index is 14.1. The number of aliphatic hydroxyl groups excluding tert-OH is 5. The summed E-state index contributed by atoms with van der Waals surface area (Å²) in [6, 6.07) is 5.14. The van der Waals surface area contributed by atoms with E-state index in [0.717, 1.165) is 114 Å². The van der Waals surface area contributed by atoms with Crippen LogP contribution in [-0.4, -0.2) is 205 Å². The van der Waals surface area contributed by atoms with Gasteiger partial charge in [0.15, 0.2) is 18.7 Å². The van der Waals surface area contributed by atoms with Crippen LogP contribution < -0.4 is 31.9 Å². The highest BCUT2D eigenvalue weighted by atomic mass is 79.9. The van der Waals surface area contributed by atoms with Crippen LogP contribution >= 0.6 is 15.9 Å². The van der Waals surface area contributed by atoms with Gasteiger partial charge in [-0.05, 0) is 94.2 Å². The Morgan fingerprint density at radius 3 is 2.26 bits per heavy atom. The van der Waals surface area contributed by atoms with E-state index in [0.29, 0.717) is 32.5 Å². The first-order valence-corrected chi connectivity index (χ1v) is 28.2. The summed E-state index contributed by atoms with van der Waals surface area (Å²) in [6.45, 7) is 14.1.